The van der Waals surface area contributed by atoms with E-state index in [2.05, 4.69) is 4.98 Å². The minimum atomic E-state index is -2.52. The first-order valence-electron chi connectivity index (χ1n) is 9.70. The van der Waals surface area contributed by atoms with Crippen LogP contribution in [-0.4, -0.2) is 27.4 Å². The fourth-order valence-corrected chi connectivity index (χ4v) is 6.88. The van der Waals surface area contributed by atoms with Gasteiger partial charge in [0.05, 0.1) is 11.1 Å². The summed E-state index contributed by atoms with van der Waals surface area (Å²) < 4.78 is 15.9. The summed E-state index contributed by atoms with van der Waals surface area (Å²) in [5, 5.41) is 2.22. The molecule has 1 aliphatic carbocycles. The van der Waals surface area contributed by atoms with Crippen LogP contribution in [0.2, 0.25) is 0 Å². The summed E-state index contributed by atoms with van der Waals surface area (Å²) in [6.07, 6.45) is 5.92. The molecule has 5 rings (SSSR count). The van der Waals surface area contributed by atoms with E-state index in [0.29, 0.717) is 15.9 Å². The monoisotopic (exact) mass is 427 g/mol. The van der Waals surface area contributed by atoms with Gasteiger partial charge in [-0.05, 0) is 62.8 Å². The molecule has 0 unspecified atom stereocenters. The van der Waals surface area contributed by atoms with Gasteiger partial charge in [-0.25, -0.2) is 9.36 Å². The third kappa shape index (κ3) is 2.79. The molecule has 0 spiro atoms. The van der Waals surface area contributed by atoms with E-state index in [1.165, 1.54) is 20.8 Å². The Morgan fingerprint density at radius 2 is 1.90 bits per heavy atom. The molecule has 3 aromatic heterocycles. The number of thiophene rings is 1. The molecule has 0 fully saturated rings. The van der Waals surface area contributed by atoms with E-state index >= 15 is 0 Å². The summed E-state index contributed by atoms with van der Waals surface area (Å²) >= 11 is 1.53. The van der Waals surface area contributed by atoms with E-state index < -0.39 is 12.8 Å². The van der Waals surface area contributed by atoms with Crippen LogP contribution in [0.5, 0.6) is 0 Å². The van der Waals surface area contributed by atoms with Crippen molar-refractivity contribution in [1.29, 1.82) is 0 Å². The van der Waals surface area contributed by atoms with Crippen molar-refractivity contribution in [3.05, 3.63) is 55.7 Å². The predicted molar refractivity (Wildman–Crippen MR) is 120 cm³/mol. The summed E-state index contributed by atoms with van der Waals surface area (Å²) in [6, 6.07) is 5.47. The second kappa shape index (κ2) is 6.31. The molecule has 0 radical (unpaired) electrons. The number of fused-ring (bicyclic) bond motifs is 4. The predicted octanol–water partition coefficient (Wildman–Crippen LogP) is 3.36. The van der Waals surface area contributed by atoms with Gasteiger partial charge < -0.3 is 9.13 Å². The van der Waals surface area contributed by atoms with Gasteiger partial charge in [-0.2, -0.15) is 0 Å². The van der Waals surface area contributed by atoms with Crippen molar-refractivity contribution in [2.75, 3.05) is 13.3 Å². The molecule has 150 valence electrons. The normalized spacial score (nSPS) is 14.6. The van der Waals surface area contributed by atoms with Crippen molar-refractivity contribution in [3.63, 3.8) is 0 Å². The molecule has 0 bridgehead atoms. The Bertz CT molecular complexity index is 1460. The summed E-state index contributed by atoms with van der Waals surface area (Å²) in [6.45, 7) is 3.47. The van der Waals surface area contributed by atoms with Gasteiger partial charge in [0.25, 0.3) is 5.56 Å². The number of hydrogen-bond donors (Lipinski definition) is 1. The highest BCUT2D eigenvalue weighted by molar-refractivity contribution is 7.70. The molecule has 0 aliphatic heterocycles. The van der Waals surface area contributed by atoms with Gasteiger partial charge in [0.2, 0.25) is 0 Å². The van der Waals surface area contributed by atoms with Crippen LogP contribution < -0.4 is 16.6 Å². The molecule has 1 N–H and O–H groups in total. The summed E-state index contributed by atoms with van der Waals surface area (Å²) in [7, 11) is -0.609. The lowest BCUT2D eigenvalue weighted by Gasteiger charge is -2.11. The Morgan fingerprint density at radius 3 is 2.66 bits per heavy atom. The van der Waals surface area contributed by atoms with Crippen molar-refractivity contribution < 1.29 is 4.57 Å². The Balaban J connectivity index is 1.82. The van der Waals surface area contributed by atoms with Crippen LogP contribution in [-0.2, 0) is 24.5 Å². The average Bonchev–Trinajstić information content (AvgIpc) is 3.19. The van der Waals surface area contributed by atoms with Gasteiger partial charge in [0.15, 0.2) is 0 Å². The second-order valence-electron chi connectivity index (χ2n) is 8.16. The molecular weight excluding hydrogens is 405 g/mol. The number of nitrogens with one attached hydrogen (secondary N) is 1. The van der Waals surface area contributed by atoms with E-state index in [-0.39, 0.29) is 5.56 Å². The van der Waals surface area contributed by atoms with Gasteiger partial charge in [-0.1, -0.05) is 0 Å². The maximum Gasteiger partial charge on any atom is 0.334 e. The molecule has 1 aromatic carbocycles. The zero-order valence-corrected chi connectivity index (χ0v) is 18.3. The fraction of sp³-hybridized carbons (Fsp3) is 0.333. The Labute approximate surface area is 171 Å². The quantitative estimate of drug-likeness (QED) is 0.499. The minimum Gasteiger partial charge on any atom is -0.350 e. The first-order chi connectivity index (χ1) is 13.8. The third-order valence-electron chi connectivity index (χ3n) is 5.80. The average molecular weight is 427 g/mol. The van der Waals surface area contributed by atoms with E-state index in [9.17, 15) is 14.2 Å². The van der Waals surface area contributed by atoms with Crippen LogP contribution >= 0.6 is 18.5 Å². The number of nitrogens with zero attached hydrogens (tertiary/aromatic N) is 2. The highest BCUT2D eigenvalue weighted by Gasteiger charge is 2.23. The van der Waals surface area contributed by atoms with E-state index in [1.54, 1.807) is 19.4 Å². The SMILES string of the molecule is Cn1cc(P(C)(C)=O)c2cc(-n3c(=O)[nH]c4sc5c(c4c3=O)CCCC5)ccc21. The lowest BCUT2D eigenvalue weighted by molar-refractivity contribution is 0.588. The van der Waals surface area contributed by atoms with Crippen LogP contribution in [0, 0.1) is 0 Å². The molecule has 0 saturated carbocycles. The Hall–Kier alpha value is -2.37. The fourth-order valence-electron chi connectivity index (χ4n) is 4.40. The van der Waals surface area contributed by atoms with Crippen LogP contribution in [0.25, 0.3) is 26.8 Å². The topological polar surface area (TPSA) is 76.9 Å². The Kier molecular flexibility index (Phi) is 4.06. The number of aromatic nitrogens is 3. The smallest absolute Gasteiger partial charge is 0.334 e. The number of hydrogen-bond acceptors (Lipinski definition) is 4. The van der Waals surface area contributed by atoms with Crippen LogP contribution in [0.3, 0.4) is 0 Å². The molecule has 1 aliphatic rings. The lowest BCUT2D eigenvalue weighted by atomic mass is 9.97. The largest absolute Gasteiger partial charge is 0.350 e. The Morgan fingerprint density at radius 1 is 1.14 bits per heavy atom. The van der Waals surface area contributed by atoms with E-state index in [4.69, 9.17) is 0 Å². The first-order valence-corrected chi connectivity index (χ1v) is 13.1. The van der Waals surface area contributed by atoms with Crippen LogP contribution in [0.15, 0.2) is 34.0 Å². The summed E-state index contributed by atoms with van der Waals surface area (Å²) in [4.78, 5) is 31.1. The van der Waals surface area contributed by atoms with Gasteiger partial charge >= 0.3 is 5.69 Å². The zero-order valence-electron chi connectivity index (χ0n) is 16.6. The maximum atomic E-state index is 13.4. The second-order valence-corrected chi connectivity index (χ2v) is 12.5. The molecule has 6 nitrogen and oxygen atoms in total. The molecule has 0 saturated heterocycles. The number of benzene rings is 1. The molecule has 4 aromatic rings. The molecule has 3 heterocycles. The van der Waals surface area contributed by atoms with E-state index in [1.807, 2.05) is 29.9 Å². The highest BCUT2D eigenvalue weighted by Crippen LogP contribution is 2.38. The van der Waals surface area contributed by atoms with Crippen molar-refractivity contribution in [1.82, 2.24) is 14.1 Å². The molecular formula is C21H22N3O3PS. The zero-order chi connectivity index (χ0) is 20.5. The first kappa shape index (κ1) is 18.6. The van der Waals surface area contributed by atoms with Gasteiger partial charge in [-0.3, -0.25) is 9.78 Å². The molecule has 0 atom stereocenters. The van der Waals surface area contributed by atoms with Crippen molar-refractivity contribution in [2.45, 2.75) is 25.7 Å². The number of aromatic amines is 1. The third-order valence-corrected chi connectivity index (χ3v) is 8.53. The van der Waals surface area contributed by atoms with Crippen molar-refractivity contribution in [2.24, 2.45) is 7.05 Å². The minimum absolute atomic E-state index is 0.267. The van der Waals surface area contributed by atoms with Gasteiger partial charge in [0.1, 0.15) is 12.0 Å². The van der Waals surface area contributed by atoms with Crippen molar-refractivity contribution in [3.8, 4) is 5.69 Å². The molecule has 29 heavy (non-hydrogen) atoms. The molecule has 0 amide bonds. The number of rotatable bonds is 2. The van der Waals surface area contributed by atoms with Gasteiger partial charge in [0, 0.05) is 34.3 Å². The summed E-state index contributed by atoms with van der Waals surface area (Å²) in [5.41, 5.74) is 1.82. The highest BCUT2D eigenvalue weighted by atomic mass is 32.1. The number of H-pyrrole nitrogens is 1. The summed E-state index contributed by atoms with van der Waals surface area (Å²) in [5.74, 6) is 0. The van der Waals surface area contributed by atoms with Crippen molar-refractivity contribution >= 4 is 44.9 Å². The van der Waals surface area contributed by atoms with Crippen LogP contribution in [0.1, 0.15) is 23.3 Å². The lowest BCUT2D eigenvalue weighted by Crippen LogP contribution is -2.33. The van der Waals surface area contributed by atoms with Gasteiger partial charge in [-0.15, -0.1) is 11.3 Å². The molecule has 8 heteroatoms. The maximum absolute atomic E-state index is 13.4. The van der Waals surface area contributed by atoms with Crippen LogP contribution in [0.4, 0.5) is 0 Å². The standard InChI is InChI=1S/C21H22N3O3PS/c1-23-11-16(28(2,3)27)14-10-12(8-9-15(14)23)24-20(25)18-13-6-4-5-7-17(13)29-19(18)22-21(24)26/h8-11H,4-7H2,1-3H3,(H,22,26). The van der Waals surface area contributed by atoms with E-state index in [0.717, 1.165) is 47.5 Å². The number of aryl methyl sites for hydroxylation is 3.